The Balaban J connectivity index is 1.94. The van der Waals surface area contributed by atoms with Crippen LogP contribution in [0.1, 0.15) is 48.9 Å². The number of rotatable bonds is 5. The van der Waals surface area contributed by atoms with Crippen molar-refractivity contribution in [2.24, 2.45) is 0 Å². The second-order valence-corrected chi connectivity index (χ2v) is 5.79. The van der Waals surface area contributed by atoms with Gasteiger partial charge in [0.15, 0.2) is 5.78 Å². The van der Waals surface area contributed by atoms with Gasteiger partial charge < -0.3 is 0 Å². The second kappa shape index (κ2) is 7.31. The third-order valence-corrected chi connectivity index (χ3v) is 4.24. The molecule has 0 radical (unpaired) electrons. The summed E-state index contributed by atoms with van der Waals surface area (Å²) in [5.74, 6) is 0.0247. The maximum atomic E-state index is 12.3. The number of Topliss-reactive ketones (excluding diaryl/α,β-unsaturated/α-hetero) is 1. The molecule has 0 spiro atoms. The average Bonchev–Trinajstić information content (AvgIpc) is 2.76. The highest BCUT2D eigenvalue weighted by atomic mass is 16.6. The van der Waals surface area contributed by atoms with Crippen LogP contribution in [0.5, 0.6) is 0 Å². The molecule has 114 valence electrons. The van der Waals surface area contributed by atoms with E-state index in [0.29, 0.717) is 18.2 Å². The summed E-state index contributed by atoms with van der Waals surface area (Å²) in [7, 11) is 2.00. The summed E-state index contributed by atoms with van der Waals surface area (Å²) >= 11 is 0. The third-order valence-electron chi connectivity index (χ3n) is 4.24. The van der Waals surface area contributed by atoms with E-state index in [1.807, 2.05) is 7.05 Å². The van der Waals surface area contributed by atoms with Crippen molar-refractivity contribution in [1.82, 2.24) is 4.90 Å². The van der Waals surface area contributed by atoms with Crippen molar-refractivity contribution < 1.29 is 9.72 Å². The Labute approximate surface area is 125 Å². The Morgan fingerprint density at radius 2 is 1.76 bits per heavy atom. The molecule has 0 saturated heterocycles. The molecule has 1 aromatic rings. The molecule has 1 aliphatic rings. The first-order chi connectivity index (χ1) is 10.1. The van der Waals surface area contributed by atoms with Gasteiger partial charge in [0.1, 0.15) is 0 Å². The van der Waals surface area contributed by atoms with Crippen LogP contribution in [0.15, 0.2) is 24.3 Å². The molecule has 0 aromatic heterocycles. The number of ketones is 1. The monoisotopic (exact) mass is 290 g/mol. The Morgan fingerprint density at radius 3 is 2.29 bits per heavy atom. The lowest BCUT2D eigenvalue weighted by atomic mass is 10.1. The van der Waals surface area contributed by atoms with Crippen LogP contribution < -0.4 is 0 Å². The van der Waals surface area contributed by atoms with Gasteiger partial charge in [-0.05, 0) is 32.0 Å². The van der Waals surface area contributed by atoms with Gasteiger partial charge in [-0.3, -0.25) is 19.8 Å². The van der Waals surface area contributed by atoms with Crippen LogP contribution in [-0.4, -0.2) is 35.2 Å². The van der Waals surface area contributed by atoms with Crippen LogP contribution in [0.3, 0.4) is 0 Å². The van der Waals surface area contributed by atoms with Crippen molar-refractivity contribution in [2.45, 2.75) is 44.6 Å². The Hall–Kier alpha value is -1.75. The number of hydrogen-bond donors (Lipinski definition) is 0. The van der Waals surface area contributed by atoms with Crippen LogP contribution >= 0.6 is 0 Å². The minimum absolute atomic E-state index is 0.0173. The number of nitrogens with zero attached hydrogens (tertiary/aromatic N) is 2. The van der Waals surface area contributed by atoms with Gasteiger partial charge in [0.25, 0.3) is 5.69 Å². The van der Waals surface area contributed by atoms with Gasteiger partial charge in [-0.25, -0.2) is 0 Å². The van der Waals surface area contributed by atoms with Gasteiger partial charge in [0, 0.05) is 23.7 Å². The van der Waals surface area contributed by atoms with E-state index in [1.54, 1.807) is 12.1 Å². The van der Waals surface area contributed by atoms with Crippen LogP contribution in [0.4, 0.5) is 5.69 Å². The first kappa shape index (κ1) is 15.6. The van der Waals surface area contributed by atoms with Crippen molar-refractivity contribution in [3.05, 3.63) is 39.9 Å². The SMILES string of the molecule is CN(CC(=O)c1ccc([N+](=O)[O-])cc1)C1CCCCCC1. The standard InChI is InChI=1S/C16H22N2O3/c1-17(14-6-4-2-3-5-7-14)12-16(19)13-8-10-15(11-9-13)18(20)21/h8-11,14H,2-7,12H2,1H3. The van der Waals surface area contributed by atoms with Gasteiger partial charge in [-0.2, -0.15) is 0 Å². The molecular formula is C16H22N2O3. The Bertz CT molecular complexity index is 491. The summed E-state index contributed by atoms with van der Waals surface area (Å²) in [6.45, 7) is 0.377. The molecule has 21 heavy (non-hydrogen) atoms. The van der Waals surface area contributed by atoms with E-state index in [9.17, 15) is 14.9 Å². The van der Waals surface area contributed by atoms with E-state index in [2.05, 4.69) is 4.90 Å². The maximum Gasteiger partial charge on any atom is 0.269 e. The molecule has 1 aromatic carbocycles. The quantitative estimate of drug-likeness (QED) is 0.361. The molecule has 0 N–H and O–H groups in total. The van der Waals surface area contributed by atoms with E-state index in [0.717, 1.165) is 12.8 Å². The van der Waals surface area contributed by atoms with Crippen LogP contribution in [0.25, 0.3) is 0 Å². The normalized spacial score (nSPS) is 16.7. The first-order valence-electron chi connectivity index (χ1n) is 7.56. The van der Waals surface area contributed by atoms with E-state index in [1.165, 1.54) is 37.8 Å². The van der Waals surface area contributed by atoms with Crippen molar-refractivity contribution in [1.29, 1.82) is 0 Å². The highest BCUT2D eigenvalue weighted by molar-refractivity contribution is 5.97. The predicted molar refractivity (Wildman–Crippen MR) is 81.5 cm³/mol. The fourth-order valence-electron chi connectivity index (χ4n) is 2.91. The molecule has 1 fully saturated rings. The number of carbonyl (C=O) groups is 1. The summed E-state index contributed by atoms with van der Waals surface area (Å²) in [5, 5.41) is 10.6. The second-order valence-electron chi connectivity index (χ2n) is 5.79. The molecule has 2 rings (SSSR count). The first-order valence-corrected chi connectivity index (χ1v) is 7.56. The fourth-order valence-corrected chi connectivity index (χ4v) is 2.91. The van der Waals surface area contributed by atoms with Gasteiger partial charge >= 0.3 is 0 Å². The molecule has 1 saturated carbocycles. The van der Waals surface area contributed by atoms with E-state index < -0.39 is 4.92 Å². The van der Waals surface area contributed by atoms with Crippen LogP contribution in [0.2, 0.25) is 0 Å². The lowest BCUT2D eigenvalue weighted by molar-refractivity contribution is -0.384. The minimum atomic E-state index is -0.452. The molecule has 0 unspecified atom stereocenters. The molecule has 1 aliphatic carbocycles. The van der Waals surface area contributed by atoms with Crippen LogP contribution in [0, 0.1) is 10.1 Å². The number of non-ortho nitro benzene ring substituents is 1. The zero-order valence-electron chi connectivity index (χ0n) is 12.5. The molecular weight excluding hydrogens is 268 g/mol. The zero-order chi connectivity index (χ0) is 15.2. The number of hydrogen-bond acceptors (Lipinski definition) is 4. The molecule has 0 amide bonds. The number of carbonyl (C=O) groups excluding carboxylic acids is 1. The Morgan fingerprint density at radius 1 is 1.19 bits per heavy atom. The summed E-state index contributed by atoms with van der Waals surface area (Å²) < 4.78 is 0. The summed E-state index contributed by atoms with van der Waals surface area (Å²) in [5.41, 5.74) is 0.560. The van der Waals surface area contributed by atoms with Crippen LogP contribution in [-0.2, 0) is 0 Å². The lowest BCUT2D eigenvalue weighted by Gasteiger charge is -2.26. The predicted octanol–water partition coefficient (Wildman–Crippen LogP) is 3.43. The van der Waals surface area contributed by atoms with Crippen molar-refractivity contribution in [2.75, 3.05) is 13.6 Å². The molecule has 5 heteroatoms. The number of nitro benzene ring substituents is 1. The van der Waals surface area contributed by atoms with Gasteiger partial charge in [0.2, 0.25) is 0 Å². The number of nitro groups is 1. The zero-order valence-corrected chi connectivity index (χ0v) is 12.5. The largest absolute Gasteiger partial charge is 0.296 e. The molecule has 0 bridgehead atoms. The van der Waals surface area contributed by atoms with E-state index in [-0.39, 0.29) is 11.5 Å². The highest BCUT2D eigenvalue weighted by Gasteiger charge is 2.19. The minimum Gasteiger partial charge on any atom is -0.296 e. The molecule has 0 heterocycles. The van der Waals surface area contributed by atoms with Crippen molar-refractivity contribution in [3.63, 3.8) is 0 Å². The van der Waals surface area contributed by atoms with E-state index >= 15 is 0 Å². The smallest absolute Gasteiger partial charge is 0.269 e. The summed E-state index contributed by atoms with van der Waals surface area (Å²) in [6.07, 6.45) is 7.37. The summed E-state index contributed by atoms with van der Waals surface area (Å²) in [4.78, 5) is 24.5. The number of benzene rings is 1. The van der Waals surface area contributed by atoms with Crippen molar-refractivity contribution in [3.8, 4) is 0 Å². The lowest BCUT2D eigenvalue weighted by Crippen LogP contribution is -2.35. The van der Waals surface area contributed by atoms with Gasteiger partial charge in [-0.15, -0.1) is 0 Å². The molecule has 5 nitrogen and oxygen atoms in total. The number of likely N-dealkylation sites (N-methyl/N-ethyl adjacent to an activating group) is 1. The van der Waals surface area contributed by atoms with E-state index in [4.69, 9.17) is 0 Å². The van der Waals surface area contributed by atoms with Gasteiger partial charge in [-0.1, -0.05) is 25.7 Å². The van der Waals surface area contributed by atoms with Crippen molar-refractivity contribution >= 4 is 11.5 Å². The average molecular weight is 290 g/mol. The highest BCUT2D eigenvalue weighted by Crippen LogP contribution is 2.21. The third kappa shape index (κ3) is 4.36. The Kier molecular flexibility index (Phi) is 5.44. The topological polar surface area (TPSA) is 63.5 Å². The summed E-state index contributed by atoms with van der Waals surface area (Å²) in [6, 6.07) is 6.34. The molecule has 0 aliphatic heterocycles. The maximum absolute atomic E-state index is 12.3. The fraction of sp³-hybridized carbons (Fsp3) is 0.562. The van der Waals surface area contributed by atoms with Gasteiger partial charge in [0.05, 0.1) is 11.5 Å². The molecule has 0 atom stereocenters.